The number of amides is 1. The van der Waals surface area contributed by atoms with Crippen LogP contribution in [0, 0.1) is 30.9 Å². The van der Waals surface area contributed by atoms with Gasteiger partial charge in [0.05, 0.1) is 16.4 Å². The van der Waals surface area contributed by atoms with Crippen LogP contribution in [0.15, 0.2) is 47.4 Å². The van der Waals surface area contributed by atoms with E-state index in [1.54, 1.807) is 55.8 Å². The first kappa shape index (κ1) is 22.2. The molecule has 1 heterocycles. The Bertz CT molecular complexity index is 1280. The van der Waals surface area contributed by atoms with E-state index in [1.165, 1.54) is 12.1 Å². The molecule has 0 aliphatic heterocycles. The normalized spacial score (nSPS) is 11.4. The molecule has 2 aromatic carbocycles. The monoisotopic (exact) mass is 442 g/mol. The number of anilines is 1. The van der Waals surface area contributed by atoms with E-state index in [2.05, 4.69) is 10.4 Å². The molecule has 0 aliphatic carbocycles. The van der Waals surface area contributed by atoms with Crippen LogP contribution in [0.5, 0.6) is 0 Å². The molecule has 0 spiro atoms. The highest BCUT2D eigenvalue weighted by atomic mass is 32.2. The zero-order chi connectivity index (χ0) is 22.9. The summed E-state index contributed by atoms with van der Waals surface area (Å²) in [5, 5.41) is 18.1. The number of nitrogens with zero attached hydrogens (tertiary/aromatic N) is 3. The highest BCUT2D eigenvalue weighted by Crippen LogP contribution is 2.23. The summed E-state index contributed by atoms with van der Waals surface area (Å²) in [6.45, 7) is 5.35. The van der Waals surface area contributed by atoms with Crippen LogP contribution in [0.4, 0.5) is 11.4 Å². The van der Waals surface area contributed by atoms with Crippen molar-refractivity contribution in [2.24, 2.45) is 0 Å². The number of benzene rings is 2. The summed E-state index contributed by atoms with van der Waals surface area (Å²) in [5.41, 5.74) is 3.20. The van der Waals surface area contributed by atoms with Gasteiger partial charge in [-0.2, -0.15) is 5.10 Å². The van der Waals surface area contributed by atoms with Crippen LogP contribution in [0.1, 0.15) is 32.9 Å². The molecule has 1 N–H and O–H groups in total. The number of carbonyl (C=O) groups is 1. The summed E-state index contributed by atoms with van der Waals surface area (Å²) in [6, 6.07) is 11.3. The fourth-order valence-corrected chi connectivity index (χ4v) is 3.85. The third-order valence-electron chi connectivity index (χ3n) is 4.96. The lowest BCUT2D eigenvalue weighted by atomic mass is 10.1. The summed E-state index contributed by atoms with van der Waals surface area (Å²) in [5.74, 6) is -0.373. The fourth-order valence-electron chi connectivity index (χ4n) is 3.20. The molecule has 0 radical (unpaired) electrons. The highest BCUT2D eigenvalue weighted by molar-refractivity contribution is 7.90. The number of sulfone groups is 1. The van der Waals surface area contributed by atoms with Crippen LogP contribution in [-0.4, -0.2) is 35.3 Å². The maximum Gasteiger partial charge on any atom is 0.312 e. The molecule has 1 amide bonds. The summed E-state index contributed by atoms with van der Waals surface area (Å²) in [4.78, 5) is 23.5. The van der Waals surface area contributed by atoms with Crippen LogP contribution in [-0.2, 0) is 16.4 Å². The molecule has 31 heavy (non-hydrogen) atoms. The van der Waals surface area contributed by atoms with E-state index in [9.17, 15) is 23.3 Å². The first-order valence-electron chi connectivity index (χ1n) is 9.36. The molecule has 0 aliphatic rings. The first-order valence-corrected chi connectivity index (χ1v) is 11.3. The van der Waals surface area contributed by atoms with Crippen LogP contribution >= 0.6 is 0 Å². The van der Waals surface area contributed by atoms with E-state index in [1.807, 2.05) is 0 Å². The van der Waals surface area contributed by atoms with Crippen molar-refractivity contribution in [2.75, 3.05) is 11.6 Å². The van der Waals surface area contributed by atoms with Gasteiger partial charge in [-0.25, -0.2) is 8.42 Å². The van der Waals surface area contributed by atoms with Crippen molar-refractivity contribution in [3.63, 3.8) is 0 Å². The van der Waals surface area contributed by atoms with Gasteiger partial charge in [0.1, 0.15) is 11.4 Å². The summed E-state index contributed by atoms with van der Waals surface area (Å²) in [6.07, 6.45) is 1.11. The van der Waals surface area contributed by atoms with Gasteiger partial charge >= 0.3 is 5.69 Å². The Balaban J connectivity index is 1.77. The minimum Gasteiger partial charge on any atom is -0.322 e. The van der Waals surface area contributed by atoms with Gasteiger partial charge in [-0.1, -0.05) is 18.2 Å². The third-order valence-corrected chi connectivity index (χ3v) is 6.07. The number of carbonyl (C=O) groups excluding carboxylic acids is 1. The lowest BCUT2D eigenvalue weighted by Gasteiger charge is -2.11. The van der Waals surface area contributed by atoms with Crippen molar-refractivity contribution in [3.8, 4) is 0 Å². The minimum absolute atomic E-state index is 0.00249. The maximum absolute atomic E-state index is 12.6. The van der Waals surface area contributed by atoms with E-state index >= 15 is 0 Å². The molecule has 9 nitrogen and oxygen atoms in total. The van der Waals surface area contributed by atoms with Gasteiger partial charge in [-0.05, 0) is 56.2 Å². The predicted molar refractivity (Wildman–Crippen MR) is 116 cm³/mol. The second-order valence-electron chi connectivity index (χ2n) is 7.33. The van der Waals surface area contributed by atoms with E-state index in [0.717, 1.165) is 17.4 Å². The highest BCUT2D eigenvalue weighted by Gasteiger charge is 2.21. The number of aromatic nitrogens is 2. The molecule has 0 saturated carbocycles. The molecule has 0 fully saturated rings. The molecule has 10 heteroatoms. The topological polar surface area (TPSA) is 124 Å². The predicted octanol–water partition coefficient (Wildman–Crippen LogP) is 3.42. The summed E-state index contributed by atoms with van der Waals surface area (Å²) >= 11 is 0. The van der Waals surface area contributed by atoms with Crippen molar-refractivity contribution in [3.05, 3.63) is 80.7 Å². The smallest absolute Gasteiger partial charge is 0.312 e. The fraction of sp³-hybridized carbons (Fsp3) is 0.238. The van der Waals surface area contributed by atoms with Crippen molar-refractivity contribution in [1.82, 2.24) is 9.78 Å². The number of hydrogen-bond donors (Lipinski definition) is 1. The van der Waals surface area contributed by atoms with E-state index in [-0.39, 0.29) is 16.5 Å². The molecular formula is C21H22N4O5S. The largest absolute Gasteiger partial charge is 0.322 e. The Morgan fingerprint density at radius 1 is 1.13 bits per heavy atom. The number of nitrogens with one attached hydrogen (secondary N) is 1. The number of hydrogen-bond acceptors (Lipinski definition) is 6. The van der Waals surface area contributed by atoms with E-state index in [0.29, 0.717) is 29.2 Å². The summed E-state index contributed by atoms with van der Waals surface area (Å²) in [7, 11) is -3.39. The van der Waals surface area contributed by atoms with Gasteiger partial charge in [-0.3, -0.25) is 19.6 Å². The Kier molecular flexibility index (Phi) is 5.94. The number of aryl methyl sites for hydroxylation is 2. The minimum atomic E-state index is -3.39. The van der Waals surface area contributed by atoms with Crippen molar-refractivity contribution < 1.29 is 18.1 Å². The second kappa shape index (κ2) is 8.31. The van der Waals surface area contributed by atoms with Crippen LogP contribution in [0.2, 0.25) is 0 Å². The third kappa shape index (κ3) is 4.80. The molecule has 0 bridgehead atoms. The standard InChI is InChI=1S/C21H22N4O5S/c1-13-5-10-18(31(4,29)30)11-19(13)22-21(26)17-8-6-16(7-9-17)12-24-15(3)20(25(27)28)14(2)23-24/h5-11H,12H2,1-4H3,(H,22,26). The molecule has 0 unspecified atom stereocenters. The quantitative estimate of drug-likeness (QED) is 0.461. The van der Waals surface area contributed by atoms with Crippen molar-refractivity contribution >= 4 is 27.1 Å². The first-order chi connectivity index (χ1) is 14.5. The van der Waals surface area contributed by atoms with E-state index in [4.69, 9.17) is 0 Å². The lowest BCUT2D eigenvalue weighted by molar-refractivity contribution is -0.386. The Morgan fingerprint density at radius 3 is 2.32 bits per heavy atom. The van der Waals surface area contributed by atoms with Crippen LogP contribution < -0.4 is 5.32 Å². The molecule has 0 atom stereocenters. The van der Waals surface area contributed by atoms with Gasteiger partial charge in [0.15, 0.2) is 9.84 Å². The van der Waals surface area contributed by atoms with Crippen molar-refractivity contribution in [1.29, 1.82) is 0 Å². The van der Waals surface area contributed by atoms with Gasteiger partial charge < -0.3 is 5.32 Å². The average Bonchev–Trinajstić information content (AvgIpc) is 2.96. The Hall–Kier alpha value is -3.53. The van der Waals surface area contributed by atoms with Gasteiger partial charge in [-0.15, -0.1) is 0 Å². The zero-order valence-electron chi connectivity index (χ0n) is 17.5. The molecular weight excluding hydrogens is 420 g/mol. The van der Waals surface area contributed by atoms with Crippen LogP contribution in [0.25, 0.3) is 0 Å². The molecule has 3 rings (SSSR count). The SMILES string of the molecule is Cc1ccc(S(C)(=O)=O)cc1NC(=O)c1ccc(Cn2nc(C)c([N+](=O)[O-])c2C)cc1. The lowest BCUT2D eigenvalue weighted by Crippen LogP contribution is -2.13. The summed E-state index contributed by atoms with van der Waals surface area (Å²) < 4.78 is 25.1. The van der Waals surface area contributed by atoms with Crippen LogP contribution in [0.3, 0.4) is 0 Å². The van der Waals surface area contributed by atoms with Gasteiger partial charge in [0.2, 0.25) is 0 Å². The van der Waals surface area contributed by atoms with Gasteiger partial charge in [0.25, 0.3) is 5.91 Å². The van der Waals surface area contributed by atoms with Crippen molar-refractivity contribution in [2.45, 2.75) is 32.2 Å². The average molecular weight is 442 g/mol. The zero-order valence-corrected chi connectivity index (χ0v) is 18.4. The number of nitro groups is 1. The Morgan fingerprint density at radius 2 is 1.77 bits per heavy atom. The number of rotatable bonds is 6. The molecule has 0 saturated heterocycles. The van der Waals surface area contributed by atoms with E-state index < -0.39 is 14.8 Å². The Labute approximate surface area is 179 Å². The van der Waals surface area contributed by atoms with Gasteiger partial charge in [0, 0.05) is 17.5 Å². The maximum atomic E-state index is 12.6. The second-order valence-corrected chi connectivity index (χ2v) is 9.35. The molecule has 1 aromatic heterocycles. The molecule has 3 aromatic rings. The molecule has 162 valence electrons.